The number of fused-ring (bicyclic) bond motifs is 1. The Bertz CT molecular complexity index is 795. The molecule has 5 nitrogen and oxygen atoms in total. The molecule has 2 saturated heterocycles. The van der Waals surface area contributed by atoms with Crippen molar-refractivity contribution in [3.05, 3.63) is 35.0 Å². The fourth-order valence-electron chi connectivity index (χ4n) is 4.18. The minimum atomic E-state index is -0.395. The van der Waals surface area contributed by atoms with Gasteiger partial charge in [0.1, 0.15) is 0 Å². The summed E-state index contributed by atoms with van der Waals surface area (Å²) >= 11 is 0. The molecule has 2 aromatic rings. The molecule has 25 heavy (non-hydrogen) atoms. The van der Waals surface area contributed by atoms with E-state index in [-0.39, 0.29) is 11.8 Å². The molecule has 1 aromatic carbocycles. The van der Waals surface area contributed by atoms with Gasteiger partial charge in [0.05, 0.1) is 19.3 Å². The van der Waals surface area contributed by atoms with Crippen LogP contribution in [0.15, 0.2) is 18.2 Å². The predicted octanol–water partition coefficient (Wildman–Crippen LogP) is 3.19. The number of nitrogens with one attached hydrogen (secondary N) is 1. The number of piperidine rings is 1. The van der Waals surface area contributed by atoms with Crippen molar-refractivity contribution in [3.63, 3.8) is 0 Å². The lowest BCUT2D eigenvalue weighted by molar-refractivity contribution is -0.186. The second-order valence-corrected chi connectivity index (χ2v) is 7.36. The summed E-state index contributed by atoms with van der Waals surface area (Å²) in [6, 6.07) is 6.08. The molecule has 0 bridgehead atoms. The highest BCUT2D eigenvalue weighted by molar-refractivity contribution is 6.11. The quantitative estimate of drug-likeness (QED) is 0.871. The lowest BCUT2D eigenvalue weighted by Crippen LogP contribution is -2.50. The van der Waals surface area contributed by atoms with Crippen LogP contribution in [0.2, 0.25) is 0 Å². The van der Waals surface area contributed by atoms with E-state index in [4.69, 9.17) is 9.47 Å². The van der Waals surface area contributed by atoms with Gasteiger partial charge in [0.15, 0.2) is 11.6 Å². The largest absolute Gasteiger partial charge is 0.358 e. The molecule has 0 aliphatic carbocycles. The number of Topliss-reactive ketones (excluding diaryl/α,β-unsaturated/α-hetero) is 1. The Kier molecular flexibility index (Phi) is 4.18. The highest BCUT2D eigenvalue weighted by atomic mass is 16.7. The van der Waals surface area contributed by atoms with Crippen molar-refractivity contribution in [1.82, 2.24) is 9.88 Å². The van der Waals surface area contributed by atoms with Gasteiger partial charge in [-0.05, 0) is 32.4 Å². The zero-order valence-electron chi connectivity index (χ0n) is 15.2. The third kappa shape index (κ3) is 2.90. The molecule has 1 spiro atoms. The standard InChI is InChI=1S/C20H26N2O3/c1-13-4-5-16-17(12-13)21-14(2)18(16)19(23)15(3)22-8-6-20(7-9-22)24-10-11-25-20/h4-5,12,15,21H,6-11H2,1-3H3. The Morgan fingerprint density at radius 1 is 1.20 bits per heavy atom. The molecule has 0 saturated carbocycles. The number of nitrogens with zero attached hydrogens (tertiary/aromatic N) is 1. The monoisotopic (exact) mass is 342 g/mol. The third-order valence-electron chi connectivity index (χ3n) is 5.69. The SMILES string of the molecule is Cc1ccc2c(C(=O)C(C)N3CCC4(CC3)OCCO4)c(C)[nH]c2c1. The van der Waals surface area contributed by atoms with E-state index in [1.165, 1.54) is 5.56 Å². The number of aromatic nitrogens is 1. The Morgan fingerprint density at radius 3 is 2.56 bits per heavy atom. The fourth-order valence-corrected chi connectivity index (χ4v) is 4.18. The number of carbonyl (C=O) groups is 1. The van der Waals surface area contributed by atoms with Gasteiger partial charge in [0, 0.05) is 48.1 Å². The van der Waals surface area contributed by atoms with E-state index in [1.807, 2.05) is 13.8 Å². The van der Waals surface area contributed by atoms with Crippen molar-refractivity contribution in [2.75, 3.05) is 26.3 Å². The van der Waals surface area contributed by atoms with Crippen LogP contribution in [0.25, 0.3) is 10.9 Å². The van der Waals surface area contributed by atoms with Crippen LogP contribution < -0.4 is 0 Å². The number of carbonyl (C=O) groups excluding carboxylic acids is 1. The number of ether oxygens (including phenoxy) is 2. The predicted molar refractivity (Wildman–Crippen MR) is 97.0 cm³/mol. The molecule has 3 heterocycles. The smallest absolute Gasteiger partial charge is 0.182 e. The molecule has 4 rings (SSSR count). The van der Waals surface area contributed by atoms with Crippen LogP contribution in [-0.4, -0.2) is 53.8 Å². The number of aromatic amines is 1. The van der Waals surface area contributed by atoms with Gasteiger partial charge in [0.25, 0.3) is 0 Å². The van der Waals surface area contributed by atoms with E-state index in [1.54, 1.807) is 0 Å². The van der Waals surface area contributed by atoms with Crippen molar-refractivity contribution in [2.45, 2.75) is 45.4 Å². The lowest BCUT2D eigenvalue weighted by atomic mass is 9.97. The molecule has 0 amide bonds. The molecular formula is C20H26N2O3. The van der Waals surface area contributed by atoms with E-state index in [9.17, 15) is 4.79 Å². The van der Waals surface area contributed by atoms with Gasteiger partial charge < -0.3 is 14.5 Å². The van der Waals surface area contributed by atoms with E-state index >= 15 is 0 Å². The van der Waals surface area contributed by atoms with Crippen LogP contribution in [0.4, 0.5) is 0 Å². The Balaban J connectivity index is 1.54. The van der Waals surface area contributed by atoms with Crippen LogP contribution in [0.3, 0.4) is 0 Å². The van der Waals surface area contributed by atoms with Gasteiger partial charge in [-0.2, -0.15) is 0 Å². The number of rotatable bonds is 3. The van der Waals surface area contributed by atoms with Gasteiger partial charge in [-0.3, -0.25) is 9.69 Å². The highest BCUT2D eigenvalue weighted by Gasteiger charge is 2.41. The first kappa shape index (κ1) is 16.8. The minimum absolute atomic E-state index is 0.141. The average Bonchev–Trinajstić information content (AvgIpc) is 3.17. The number of likely N-dealkylation sites (tertiary alicyclic amines) is 1. The van der Waals surface area contributed by atoms with Gasteiger partial charge in [-0.1, -0.05) is 12.1 Å². The fraction of sp³-hybridized carbons (Fsp3) is 0.550. The normalized spacial score (nSPS) is 21.9. The average molecular weight is 342 g/mol. The van der Waals surface area contributed by atoms with Crippen molar-refractivity contribution in [3.8, 4) is 0 Å². The summed E-state index contributed by atoms with van der Waals surface area (Å²) in [5.41, 5.74) is 4.02. The first-order valence-electron chi connectivity index (χ1n) is 9.14. The summed E-state index contributed by atoms with van der Waals surface area (Å²) < 4.78 is 11.6. The van der Waals surface area contributed by atoms with Crippen LogP contribution in [-0.2, 0) is 9.47 Å². The molecule has 134 valence electrons. The van der Waals surface area contributed by atoms with Crippen molar-refractivity contribution >= 4 is 16.7 Å². The van der Waals surface area contributed by atoms with Gasteiger partial charge >= 0.3 is 0 Å². The van der Waals surface area contributed by atoms with Gasteiger partial charge in [-0.15, -0.1) is 0 Å². The number of H-pyrrole nitrogens is 1. The Labute approximate surface area is 148 Å². The molecule has 2 aliphatic rings. The first-order chi connectivity index (χ1) is 12.0. The van der Waals surface area contributed by atoms with Crippen LogP contribution in [0.1, 0.15) is 41.4 Å². The maximum atomic E-state index is 13.2. The Hall–Kier alpha value is -1.69. The van der Waals surface area contributed by atoms with E-state index in [0.717, 1.165) is 48.1 Å². The van der Waals surface area contributed by atoms with Crippen molar-refractivity contribution in [2.24, 2.45) is 0 Å². The molecule has 0 radical (unpaired) electrons. The molecule has 2 fully saturated rings. The van der Waals surface area contributed by atoms with Crippen LogP contribution in [0.5, 0.6) is 0 Å². The Morgan fingerprint density at radius 2 is 1.88 bits per heavy atom. The maximum Gasteiger partial charge on any atom is 0.182 e. The van der Waals surface area contributed by atoms with Crippen molar-refractivity contribution < 1.29 is 14.3 Å². The van der Waals surface area contributed by atoms with E-state index < -0.39 is 5.79 Å². The summed E-state index contributed by atoms with van der Waals surface area (Å²) in [6.45, 7) is 9.09. The minimum Gasteiger partial charge on any atom is -0.358 e. The molecule has 1 unspecified atom stereocenters. The number of benzene rings is 1. The summed E-state index contributed by atoms with van der Waals surface area (Å²) in [7, 11) is 0. The summed E-state index contributed by atoms with van der Waals surface area (Å²) in [4.78, 5) is 18.8. The zero-order chi connectivity index (χ0) is 17.6. The zero-order valence-corrected chi connectivity index (χ0v) is 15.2. The molecule has 1 atom stereocenters. The molecule has 2 aliphatic heterocycles. The number of aryl methyl sites for hydroxylation is 2. The van der Waals surface area contributed by atoms with Crippen molar-refractivity contribution in [1.29, 1.82) is 0 Å². The second-order valence-electron chi connectivity index (χ2n) is 7.36. The lowest BCUT2D eigenvalue weighted by Gasteiger charge is -2.39. The van der Waals surface area contributed by atoms with Crippen LogP contribution >= 0.6 is 0 Å². The van der Waals surface area contributed by atoms with Gasteiger partial charge in [-0.25, -0.2) is 0 Å². The molecule has 5 heteroatoms. The maximum absolute atomic E-state index is 13.2. The summed E-state index contributed by atoms with van der Waals surface area (Å²) in [5.74, 6) is -0.204. The number of hydrogen-bond acceptors (Lipinski definition) is 4. The van der Waals surface area contributed by atoms with E-state index in [2.05, 4.69) is 35.0 Å². The molecule has 1 aromatic heterocycles. The van der Waals surface area contributed by atoms with Gasteiger partial charge in [0.2, 0.25) is 0 Å². The topological polar surface area (TPSA) is 54.6 Å². The number of ketones is 1. The second kappa shape index (κ2) is 6.24. The summed E-state index contributed by atoms with van der Waals surface area (Å²) in [6.07, 6.45) is 1.66. The van der Waals surface area contributed by atoms with E-state index in [0.29, 0.717) is 13.2 Å². The molecular weight excluding hydrogens is 316 g/mol. The third-order valence-corrected chi connectivity index (χ3v) is 5.69. The summed E-state index contributed by atoms with van der Waals surface area (Å²) in [5, 5.41) is 1.02. The van der Waals surface area contributed by atoms with Crippen LogP contribution in [0, 0.1) is 13.8 Å². The molecule has 1 N–H and O–H groups in total. The number of hydrogen-bond donors (Lipinski definition) is 1. The first-order valence-corrected chi connectivity index (χ1v) is 9.14. The highest BCUT2D eigenvalue weighted by Crippen LogP contribution is 2.33.